The van der Waals surface area contributed by atoms with Crippen molar-refractivity contribution in [1.82, 2.24) is 34.8 Å². The van der Waals surface area contributed by atoms with E-state index in [1.165, 1.54) is 0 Å². The summed E-state index contributed by atoms with van der Waals surface area (Å²) < 4.78 is 78.4. The predicted octanol–water partition coefficient (Wildman–Crippen LogP) is 4.71. The van der Waals surface area contributed by atoms with Gasteiger partial charge in [-0.15, -0.1) is 0 Å². The number of carbonyl (C=O) groups excluding carboxylic acids is 1. The SMILES string of the molecule is O=C(N1CC2(CC(Cc3cn(CC(F)(F)F)nc3C(F)(F)F)C2)C1)N1CC2(CC(c3nc(C4CC4)n[nH]3)C2)C1. The molecule has 0 atom stereocenters. The molecule has 5 aliphatic rings. The van der Waals surface area contributed by atoms with Gasteiger partial charge in [0.15, 0.2) is 11.5 Å². The zero-order valence-corrected chi connectivity index (χ0v) is 21.2. The van der Waals surface area contributed by atoms with Crippen molar-refractivity contribution < 1.29 is 31.1 Å². The van der Waals surface area contributed by atoms with Gasteiger partial charge in [-0.1, -0.05) is 0 Å². The lowest BCUT2D eigenvalue weighted by Crippen LogP contribution is -2.71. The molecule has 3 aliphatic carbocycles. The Hall–Kier alpha value is -2.80. The lowest BCUT2D eigenvalue weighted by Gasteiger charge is -2.63. The largest absolute Gasteiger partial charge is 0.435 e. The average molecular weight is 558 g/mol. The Morgan fingerprint density at radius 3 is 2.13 bits per heavy atom. The number of hydrogen-bond acceptors (Lipinski definition) is 4. The molecule has 2 aromatic rings. The lowest BCUT2D eigenvalue weighted by atomic mass is 9.56. The van der Waals surface area contributed by atoms with Gasteiger partial charge in [0.2, 0.25) is 0 Å². The molecule has 0 bridgehead atoms. The normalized spacial score (nSPS) is 24.5. The maximum Gasteiger partial charge on any atom is 0.435 e. The summed E-state index contributed by atoms with van der Waals surface area (Å²) in [6.07, 6.45) is -2.91. The van der Waals surface area contributed by atoms with Crippen LogP contribution in [0, 0.1) is 16.7 Å². The minimum Gasteiger partial charge on any atom is -0.323 e. The standard InChI is InChI=1S/C25H29F6N7O/c26-24(27,28)13-38-8-16(18(35-38)25(29,30)31)3-14-4-22(5-14)9-36(10-22)21(39)37-11-23(12-37)6-17(7-23)20-32-19(33-34-20)15-1-2-15/h8,14-15,17H,1-7,9-13H2,(H,32,33,34). The second kappa shape index (κ2) is 8.12. The first-order chi connectivity index (χ1) is 18.3. The van der Waals surface area contributed by atoms with Crippen molar-refractivity contribution in [2.75, 3.05) is 26.2 Å². The molecule has 2 spiro atoms. The Kier molecular flexibility index (Phi) is 5.24. The van der Waals surface area contributed by atoms with Crippen LogP contribution < -0.4 is 0 Å². The number of amides is 2. The minimum atomic E-state index is -4.81. The molecule has 0 aromatic carbocycles. The molecule has 39 heavy (non-hydrogen) atoms. The van der Waals surface area contributed by atoms with Crippen LogP contribution in [0.3, 0.4) is 0 Å². The van der Waals surface area contributed by atoms with Crippen molar-refractivity contribution in [3.8, 4) is 0 Å². The summed E-state index contributed by atoms with van der Waals surface area (Å²) in [7, 11) is 0. The van der Waals surface area contributed by atoms with Crippen LogP contribution in [-0.2, 0) is 19.1 Å². The number of aromatic amines is 1. The van der Waals surface area contributed by atoms with E-state index in [1.54, 1.807) is 4.90 Å². The van der Waals surface area contributed by atoms with Gasteiger partial charge in [0.05, 0.1) is 0 Å². The smallest absolute Gasteiger partial charge is 0.323 e. The second-order valence-corrected chi connectivity index (χ2v) is 12.7. The fourth-order valence-electron chi connectivity index (χ4n) is 7.42. The van der Waals surface area contributed by atoms with Crippen LogP contribution in [-0.4, -0.2) is 73.1 Å². The summed E-state index contributed by atoms with van der Waals surface area (Å²) in [4.78, 5) is 21.3. The summed E-state index contributed by atoms with van der Waals surface area (Å²) in [5, 5.41) is 10.6. The molecule has 14 heteroatoms. The highest BCUT2D eigenvalue weighted by Crippen LogP contribution is 2.57. The van der Waals surface area contributed by atoms with Gasteiger partial charge in [0, 0.05) is 60.6 Å². The summed E-state index contributed by atoms with van der Waals surface area (Å²) in [5.74, 6) is 2.72. The van der Waals surface area contributed by atoms with Crippen LogP contribution >= 0.6 is 0 Å². The Labute approximate surface area is 220 Å². The first kappa shape index (κ1) is 25.2. The summed E-state index contributed by atoms with van der Waals surface area (Å²) in [5.41, 5.74) is -1.35. The predicted molar refractivity (Wildman–Crippen MR) is 123 cm³/mol. The van der Waals surface area contributed by atoms with Crippen molar-refractivity contribution in [1.29, 1.82) is 0 Å². The van der Waals surface area contributed by atoms with Crippen LogP contribution in [0.1, 0.15) is 73.3 Å². The number of likely N-dealkylation sites (tertiary alicyclic amines) is 2. The quantitative estimate of drug-likeness (QED) is 0.540. The highest BCUT2D eigenvalue weighted by atomic mass is 19.4. The van der Waals surface area contributed by atoms with Crippen molar-refractivity contribution in [2.45, 2.75) is 75.7 Å². The Balaban J connectivity index is 0.869. The van der Waals surface area contributed by atoms with Gasteiger partial charge in [0.1, 0.15) is 12.4 Å². The molecule has 1 N–H and O–H groups in total. The van der Waals surface area contributed by atoms with Crippen LogP contribution in [0.4, 0.5) is 31.1 Å². The second-order valence-electron chi connectivity index (χ2n) is 12.7. The fraction of sp³-hybridized carbons (Fsp3) is 0.760. The number of hydrogen-bond donors (Lipinski definition) is 1. The first-order valence-corrected chi connectivity index (χ1v) is 13.5. The van der Waals surface area contributed by atoms with Gasteiger partial charge in [-0.25, -0.2) is 9.78 Å². The van der Waals surface area contributed by atoms with E-state index in [1.807, 2.05) is 4.90 Å². The van der Waals surface area contributed by atoms with Gasteiger partial charge in [-0.3, -0.25) is 9.78 Å². The molecule has 8 nitrogen and oxygen atoms in total. The zero-order valence-electron chi connectivity index (χ0n) is 21.2. The van der Waals surface area contributed by atoms with E-state index in [0.29, 0.717) is 42.4 Å². The topological polar surface area (TPSA) is 82.9 Å². The fourth-order valence-corrected chi connectivity index (χ4v) is 7.42. The van der Waals surface area contributed by atoms with E-state index in [4.69, 9.17) is 0 Å². The van der Waals surface area contributed by atoms with E-state index in [-0.39, 0.29) is 34.8 Å². The molecule has 4 heterocycles. The Morgan fingerprint density at radius 1 is 0.949 bits per heavy atom. The molecule has 212 valence electrons. The monoisotopic (exact) mass is 557 g/mol. The molecular formula is C25H29F6N7O. The molecule has 0 radical (unpaired) electrons. The minimum absolute atomic E-state index is 0.0154. The third-order valence-electron chi connectivity index (χ3n) is 9.25. The Bertz CT molecular complexity index is 1270. The molecule has 2 saturated heterocycles. The Morgan fingerprint density at radius 2 is 1.56 bits per heavy atom. The highest BCUT2D eigenvalue weighted by molar-refractivity contribution is 5.77. The van der Waals surface area contributed by atoms with Crippen LogP contribution in [0.15, 0.2) is 6.20 Å². The number of alkyl halides is 6. The summed E-state index contributed by atoms with van der Waals surface area (Å²) in [6.45, 7) is 1.08. The van der Waals surface area contributed by atoms with E-state index in [0.717, 1.165) is 56.6 Å². The van der Waals surface area contributed by atoms with Gasteiger partial charge in [-0.05, 0) is 50.9 Å². The number of carbonyl (C=O) groups is 1. The molecular weight excluding hydrogens is 528 g/mol. The number of halogens is 6. The van der Waals surface area contributed by atoms with Gasteiger partial charge in [0.25, 0.3) is 0 Å². The van der Waals surface area contributed by atoms with Gasteiger partial charge >= 0.3 is 18.4 Å². The van der Waals surface area contributed by atoms with Crippen molar-refractivity contribution >= 4 is 6.03 Å². The zero-order chi connectivity index (χ0) is 27.4. The number of rotatable bonds is 5. The third kappa shape index (κ3) is 4.56. The van der Waals surface area contributed by atoms with Crippen molar-refractivity contribution in [3.63, 3.8) is 0 Å². The van der Waals surface area contributed by atoms with Gasteiger partial charge < -0.3 is 9.80 Å². The number of aromatic nitrogens is 5. The number of urea groups is 1. The molecule has 0 unspecified atom stereocenters. The van der Waals surface area contributed by atoms with E-state index in [9.17, 15) is 31.1 Å². The molecule has 2 aromatic heterocycles. The molecule has 3 saturated carbocycles. The number of H-pyrrole nitrogens is 1. The van der Waals surface area contributed by atoms with Crippen molar-refractivity contribution in [3.05, 3.63) is 29.1 Å². The van der Waals surface area contributed by atoms with E-state index >= 15 is 0 Å². The molecule has 7 rings (SSSR count). The van der Waals surface area contributed by atoms with E-state index < -0.39 is 24.6 Å². The summed E-state index contributed by atoms with van der Waals surface area (Å²) >= 11 is 0. The van der Waals surface area contributed by atoms with Crippen LogP contribution in [0.5, 0.6) is 0 Å². The summed E-state index contributed by atoms with van der Waals surface area (Å²) in [6, 6.07) is 0.0154. The molecule has 5 fully saturated rings. The van der Waals surface area contributed by atoms with E-state index in [2.05, 4.69) is 20.3 Å². The highest BCUT2D eigenvalue weighted by Gasteiger charge is 2.59. The third-order valence-corrected chi connectivity index (χ3v) is 9.25. The van der Waals surface area contributed by atoms with Crippen LogP contribution in [0.25, 0.3) is 0 Å². The van der Waals surface area contributed by atoms with Gasteiger partial charge in [-0.2, -0.15) is 36.5 Å². The maximum absolute atomic E-state index is 13.4. The maximum atomic E-state index is 13.4. The average Bonchev–Trinajstić information content (AvgIpc) is 3.31. The molecule has 2 aliphatic heterocycles. The number of nitrogens with zero attached hydrogens (tertiary/aromatic N) is 6. The lowest BCUT2D eigenvalue weighted by molar-refractivity contribution is -0.149. The van der Waals surface area contributed by atoms with Crippen molar-refractivity contribution in [2.24, 2.45) is 16.7 Å². The van der Waals surface area contributed by atoms with Crippen LogP contribution in [0.2, 0.25) is 0 Å². The first-order valence-electron chi connectivity index (χ1n) is 13.5. The molecule has 2 amide bonds. The number of nitrogens with one attached hydrogen (secondary N) is 1.